The van der Waals surface area contributed by atoms with E-state index in [9.17, 15) is 32.6 Å². The number of carbonyl (C=O) groups excluding carboxylic acids is 3. The average molecular weight is 649 g/mol. The predicted molar refractivity (Wildman–Crippen MR) is 160 cm³/mol. The van der Waals surface area contributed by atoms with Gasteiger partial charge in [-0.25, -0.2) is 14.2 Å². The number of alkyl carbamates (subject to hydrolysis) is 1. The van der Waals surface area contributed by atoms with Crippen molar-refractivity contribution in [1.29, 1.82) is 0 Å². The first kappa shape index (κ1) is 35.0. The molecule has 1 unspecified atom stereocenters. The molecule has 0 heterocycles. The van der Waals surface area contributed by atoms with Crippen LogP contribution in [0.2, 0.25) is 0 Å². The minimum absolute atomic E-state index is 0.00897. The van der Waals surface area contributed by atoms with Crippen LogP contribution in [0.4, 0.5) is 13.6 Å². The van der Waals surface area contributed by atoms with Crippen LogP contribution in [0.25, 0.3) is 0 Å². The van der Waals surface area contributed by atoms with Gasteiger partial charge in [0.15, 0.2) is 0 Å². The van der Waals surface area contributed by atoms with Crippen molar-refractivity contribution in [3.63, 3.8) is 0 Å². The van der Waals surface area contributed by atoms with E-state index in [0.717, 1.165) is 11.1 Å². The molecule has 11 nitrogen and oxygen atoms in total. The first-order valence-electron chi connectivity index (χ1n) is 13.9. The van der Waals surface area contributed by atoms with Crippen LogP contribution < -0.4 is 19.9 Å². The third kappa shape index (κ3) is 11.2. The molecule has 0 aliphatic heterocycles. The third-order valence-electron chi connectivity index (χ3n) is 6.42. The molecule has 3 aromatic rings. The Balaban J connectivity index is 1.57. The Morgan fingerprint density at radius 1 is 0.933 bits per heavy atom. The van der Waals surface area contributed by atoms with Gasteiger partial charge < -0.3 is 34.3 Å². The maximum absolute atomic E-state index is 13.1. The number of alkyl halides is 2. The molecule has 0 aromatic heterocycles. The average Bonchev–Trinajstić information content (AvgIpc) is 3.02. The Morgan fingerprint density at radius 2 is 1.64 bits per heavy atom. The Hall–Kier alpha value is -4.48. The van der Waals surface area contributed by atoms with Crippen LogP contribution >= 0.6 is 7.60 Å². The Morgan fingerprint density at radius 3 is 2.31 bits per heavy atom. The molecular weight excluding hydrogens is 613 g/mol. The number of benzene rings is 3. The Bertz CT molecular complexity index is 1470. The highest BCUT2D eigenvalue weighted by molar-refractivity contribution is 7.53. The number of halogens is 2. The zero-order chi connectivity index (χ0) is 32.8. The van der Waals surface area contributed by atoms with Crippen molar-refractivity contribution < 1.29 is 51.4 Å². The smallest absolute Gasteiger partial charge is 0.442 e. The summed E-state index contributed by atoms with van der Waals surface area (Å²) in [6.07, 6.45) is -3.34. The number of nitrogens with one attached hydrogen (secondary N) is 2. The standard InChI is InChI=1S/C31H35F2N2O9P/c1-21-9-8-12-26(27(21)29(37)41-2)42-18-7-6-17-34-28(36)25(35-31(38)43-20-23-10-4-3-5-11-23)19-22-13-15-24(16-14-22)44-45(39,40)30(32)33/h3-5,8-16,25,30H,6-7,17-20H2,1-2H3,(H,34,36)(H,35,38)(H,39,40)/t25-/m0/s1. The fourth-order valence-corrected chi connectivity index (χ4v) is 4.60. The first-order valence-corrected chi connectivity index (χ1v) is 15.6. The Kier molecular flexibility index (Phi) is 13.3. The van der Waals surface area contributed by atoms with Gasteiger partial charge >= 0.3 is 25.8 Å². The lowest BCUT2D eigenvalue weighted by atomic mass is 10.1. The summed E-state index contributed by atoms with van der Waals surface area (Å²) < 4.78 is 57.2. The second kappa shape index (κ2) is 17.1. The minimum Gasteiger partial charge on any atom is -0.493 e. The van der Waals surface area contributed by atoms with Crippen LogP contribution in [0.3, 0.4) is 0 Å². The fourth-order valence-electron chi connectivity index (χ4n) is 4.10. The molecule has 0 bridgehead atoms. The molecule has 0 spiro atoms. The second-order valence-corrected chi connectivity index (χ2v) is 11.5. The van der Waals surface area contributed by atoms with Crippen molar-refractivity contribution in [3.05, 3.63) is 95.1 Å². The molecule has 3 rings (SSSR count). The highest BCUT2D eigenvalue weighted by atomic mass is 31.2. The Labute approximate surface area is 259 Å². The van der Waals surface area contributed by atoms with Crippen molar-refractivity contribution >= 4 is 25.6 Å². The monoisotopic (exact) mass is 648 g/mol. The molecule has 2 atom stereocenters. The molecule has 0 saturated carbocycles. The zero-order valence-corrected chi connectivity index (χ0v) is 25.6. The van der Waals surface area contributed by atoms with Crippen molar-refractivity contribution in [1.82, 2.24) is 10.6 Å². The van der Waals surface area contributed by atoms with E-state index in [-0.39, 0.29) is 31.9 Å². The van der Waals surface area contributed by atoms with E-state index in [0.29, 0.717) is 29.7 Å². The summed E-state index contributed by atoms with van der Waals surface area (Å²) in [5.74, 6) is -0.860. The number of unbranched alkanes of at least 4 members (excludes halogenated alkanes) is 1. The van der Waals surface area contributed by atoms with Gasteiger partial charge in [-0.05, 0) is 54.7 Å². The molecule has 0 fully saturated rings. The number of aryl methyl sites for hydroxylation is 1. The van der Waals surface area contributed by atoms with E-state index in [1.807, 2.05) is 6.07 Å². The highest BCUT2D eigenvalue weighted by Crippen LogP contribution is 2.48. The molecule has 242 valence electrons. The molecule has 45 heavy (non-hydrogen) atoms. The van der Waals surface area contributed by atoms with Crippen LogP contribution in [0.1, 0.15) is 39.9 Å². The van der Waals surface area contributed by atoms with Gasteiger partial charge in [-0.2, -0.15) is 8.78 Å². The van der Waals surface area contributed by atoms with Gasteiger partial charge in [0.1, 0.15) is 29.7 Å². The van der Waals surface area contributed by atoms with E-state index in [1.165, 1.54) is 31.4 Å². The van der Waals surface area contributed by atoms with Crippen LogP contribution in [-0.2, 0) is 31.9 Å². The number of methoxy groups -OCH3 is 1. The summed E-state index contributed by atoms with van der Waals surface area (Å²) in [5, 5.41) is 5.31. The molecule has 2 amide bonds. The topological polar surface area (TPSA) is 149 Å². The van der Waals surface area contributed by atoms with Gasteiger partial charge in [0.25, 0.3) is 0 Å². The lowest BCUT2D eigenvalue weighted by Gasteiger charge is -2.19. The molecule has 3 aromatic carbocycles. The number of rotatable bonds is 16. The van der Waals surface area contributed by atoms with Crippen LogP contribution in [0.5, 0.6) is 11.5 Å². The van der Waals surface area contributed by atoms with Gasteiger partial charge in [-0.1, -0.05) is 54.6 Å². The molecule has 0 aliphatic carbocycles. The first-order chi connectivity index (χ1) is 21.5. The van der Waals surface area contributed by atoms with Gasteiger partial charge in [-0.15, -0.1) is 0 Å². The summed E-state index contributed by atoms with van der Waals surface area (Å²) in [6.45, 7) is 2.29. The van der Waals surface area contributed by atoms with Gasteiger partial charge in [0, 0.05) is 13.0 Å². The zero-order valence-electron chi connectivity index (χ0n) is 24.7. The van der Waals surface area contributed by atoms with Crippen LogP contribution in [-0.4, -0.2) is 55.3 Å². The number of amides is 2. The maximum Gasteiger partial charge on any atom is 0.442 e. The van der Waals surface area contributed by atoms with Crippen LogP contribution in [0, 0.1) is 6.92 Å². The molecule has 3 N–H and O–H groups in total. The van der Waals surface area contributed by atoms with E-state index < -0.39 is 37.8 Å². The summed E-state index contributed by atoms with van der Waals surface area (Å²) in [5.41, 5.74) is 2.32. The fraction of sp³-hybridized carbons (Fsp3) is 0.323. The van der Waals surface area contributed by atoms with Crippen molar-refractivity contribution in [2.45, 2.75) is 45.0 Å². The largest absolute Gasteiger partial charge is 0.493 e. The molecule has 0 radical (unpaired) electrons. The lowest BCUT2D eigenvalue weighted by Crippen LogP contribution is -2.48. The number of hydrogen-bond donors (Lipinski definition) is 3. The molecule has 14 heteroatoms. The minimum atomic E-state index is -5.15. The van der Waals surface area contributed by atoms with Gasteiger partial charge in [0.2, 0.25) is 5.91 Å². The van der Waals surface area contributed by atoms with E-state index in [1.54, 1.807) is 49.4 Å². The van der Waals surface area contributed by atoms with E-state index in [2.05, 4.69) is 15.2 Å². The molecule has 0 saturated heterocycles. The summed E-state index contributed by atoms with van der Waals surface area (Å²) >= 11 is 0. The van der Waals surface area contributed by atoms with Crippen molar-refractivity contribution in [3.8, 4) is 11.5 Å². The highest BCUT2D eigenvalue weighted by Gasteiger charge is 2.34. The second-order valence-electron chi connectivity index (χ2n) is 9.83. The molecule has 0 aliphatic rings. The third-order valence-corrected chi connectivity index (χ3v) is 7.39. The predicted octanol–water partition coefficient (Wildman–Crippen LogP) is 5.38. The maximum atomic E-state index is 13.1. The lowest BCUT2D eigenvalue weighted by molar-refractivity contribution is -0.123. The van der Waals surface area contributed by atoms with Gasteiger partial charge in [-0.3, -0.25) is 4.79 Å². The normalized spacial score (nSPS) is 12.8. The summed E-state index contributed by atoms with van der Waals surface area (Å²) in [7, 11) is -3.85. The molecular formula is C31H35F2N2O9P. The summed E-state index contributed by atoms with van der Waals surface area (Å²) in [4.78, 5) is 47.0. The SMILES string of the molecule is COC(=O)c1c(C)cccc1OCCCCNC(=O)[C@H](Cc1ccc(OP(=O)(O)C(F)F)cc1)NC(=O)OCc1ccccc1. The quantitative estimate of drug-likeness (QED) is 0.106. The van der Waals surface area contributed by atoms with Crippen LogP contribution in [0.15, 0.2) is 72.8 Å². The van der Waals surface area contributed by atoms with E-state index in [4.69, 9.17) is 14.2 Å². The van der Waals surface area contributed by atoms with Crippen molar-refractivity contribution in [2.24, 2.45) is 0 Å². The number of carbonyl (C=O) groups is 3. The number of ether oxygens (including phenoxy) is 3. The van der Waals surface area contributed by atoms with E-state index >= 15 is 0 Å². The number of esters is 1. The van der Waals surface area contributed by atoms with Crippen molar-refractivity contribution in [2.75, 3.05) is 20.3 Å². The number of hydrogen-bond acceptors (Lipinski definition) is 8. The van der Waals surface area contributed by atoms with Gasteiger partial charge in [0.05, 0.1) is 13.7 Å². The summed E-state index contributed by atoms with van der Waals surface area (Å²) in [6, 6.07) is 18.4.